The zero-order valence-corrected chi connectivity index (χ0v) is 19.4. The van der Waals surface area contributed by atoms with Crippen LogP contribution in [0.5, 0.6) is 0 Å². The van der Waals surface area contributed by atoms with Crippen LogP contribution in [0, 0.1) is 0 Å². The molecule has 0 atom stereocenters. The largest absolute Gasteiger partial charge is 0.461 e. The number of nitrogens with zero attached hydrogens (tertiary/aromatic N) is 6. The fourth-order valence-electron chi connectivity index (χ4n) is 4.24. The van der Waals surface area contributed by atoms with E-state index in [4.69, 9.17) is 21.0 Å². The predicted molar refractivity (Wildman–Crippen MR) is 128 cm³/mol. The van der Waals surface area contributed by atoms with Crippen molar-refractivity contribution in [1.29, 1.82) is 0 Å². The lowest BCUT2D eigenvalue weighted by Gasteiger charge is -2.34. The third kappa shape index (κ3) is 3.42. The van der Waals surface area contributed by atoms with E-state index in [1.807, 2.05) is 21.4 Å². The molecule has 3 aromatic heterocycles. The molecule has 0 amide bonds. The summed E-state index contributed by atoms with van der Waals surface area (Å²) in [7, 11) is -3.56. The number of halogens is 1. The predicted octanol–water partition coefficient (Wildman–Crippen LogP) is 3.70. The minimum Gasteiger partial charge on any atom is -0.461 e. The van der Waals surface area contributed by atoms with E-state index in [0.29, 0.717) is 64.8 Å². The quantitative estimate of drug-likeness (QED) is 0.375. The van der Waals surface area contributed by atoms with Gasteiger partial charge in [-0.25, -0.2) is 17.8 Å². The van der Waals surface area contributed by atoms with Gasteiger partial charge in [-0.15, -0.1) is 10.2 Å². The number of aromatic nitrogens is 4. The number of sulfonamides is 1. The van der Waals surface area contributed by atoms with Crippen LogP contribution >= 0.6 is 11.6 Å². The number of piperazine rings is 1. The van der Waals surface area contributed by atoms with Crippen LogP contribution in [-0.4, -0.2) is 58.5 Å². The second-order valence-corrected chi connectivity index (χ2v) is 10.3. The van der Waals surface area contributed by atoms with Gasteiger partial charge in [-0.3, -0.25) is 0 Å². The van der Waals surface area contributed by atoms with Gasteiger partial charge in [0.15, 0.2) is 11.4 Å². The molecule has 11 heteroatoms. The number of benzene rings is 2. The van der Waals surface area contributed by atoms with Crippen molar-refractivity contribution < 1.29 is 12.8 Å². The number of rotatable bonds is 4. The Morgan fingerprint density at radius 3 is 2.44 bits per heavy atom. The van der Waals surface area contributed by atoms with Crippen molar-refractivity contribution in [3.63, 3.8) is 0 Å². The van der Waals surface area contributed by atoms with Crippen LogP contribution in [0.3, 0.4) is 0 Å². The van der Waals surface area contributed by atoms with Crippen molar-refractivity contribution >= 4 is 44.1 Å². The normalized spacial score (nSPS) is 15.4. The van der Waals surface area contributed by atoms with Crippen molar-refractivity contribution in [3.05, 3.63) is 71.9 Å². The highest BCUT2D eigenvalue weighted by atomic mass is 35.5. The van der Waals surface area contributed by atoms with E-state index >= 15 is 0 Å². The molecule has 0 bridgehead atoms. The molecule has 0 saturated carbocycles. The van der Waals surface area contributed by atoms with Crippen molar-refractivity contribution in [1.82, 2.24) is 23.9 Å². The molecule has 1 aliphatic heterocycles. The second kappa shape index (κ2) is 8.08. The minimum atomic E-state index is -3.56. The molecule has 9 nitrogen and oxygen atoms in total. The first-order valence-electron chi connectivity index (χ1n) is 10.7. The van der Waals surface area contributed by atoms with E-state index in [1.165, 1.54) is 4.31 Å². The highest BCUT2D eigenvalue weighted by Crippen LogP contribution is 2.30. The van der Waals surface area contributed by atoms with Crippen LogP contribution < -0.4 is 4.90 Å². The number of furan rings is 1. The summed E-state index contributed by atoms with van der Waals surface area (Å²) in [5.74, 6) is 1.70. The number of hydrogen-bond acceptors (Lipinski definition) is 7. The van der Waals surface area contributed by atoms with Gasteiger partial charge in [-0.1, -0.05) is 29.8 Å². The third-order valence-electron chi connectivity index (χ3n) is 5.93. The zero-order chi connectivity index (χ0) is 23.3. The fraction of sp³-hybridized carbons (Fsp3) is 0.174. The van der Waals surface area contributed by atoms with E-state index in [9.17, 15) is 8.42 Å². The molecule has 0 radical (unpaired) electrons. The maximum atomic E-state index is 13.1. The van der Waals surface area contributed by atoms with E-state index in [-0.39, 0.29) is 0 Å². The summed E-state index contributed by atoms with van der Waals surface area (Å²) < 4.78 is 35.1. The molecule has 4 heterocycles. The smallest absolute Gasteiger partial charge is 0.243 e. The molecule has 6 rings (SSSR count). The number of hydrogen-bond donors (Lipinski definition) is 0. The lowest BCUT2D eigenvalue weighted by atomic mass is 10.2. The Hall–Kier alpha value is -3.47. The Kier molecular flexibility index (Phi) is 5.01. The standard InChI is InChI=1S/C23H19ClN6O3S/c24-16-8-9-18-19(15-16)25-23(30-21(18)26-27-22(30)20-7-4-14-33-20)28-10-12-29(13-11-28)34(31,32)17-5-2-1-3-6-17/h1-9,14-15H,10-13H2. The van der Waals surface area contributed by atoms with Gasteiger partial charge >= 0.3 is 0 Å². The highest BCUT2D eigenvalue weighted by molar-refractivity contribution is 7.89. The maximum absolute atomic E-state index is 13.1. The lowest BCUT2D eigenvalue weighted by Crippen LogP contribution is -2.49. The van der Waals surface area contributed by atoms with Gasteiger partial charge in [0.1, 0.15) is 0 Å². The summed E-state index contributed by atoms with van der Waals surface area (Å²) in [5.41, 5.74) is 1.31. The van der Waals surface area contributed by atoms with E-state index in [0.717, 1.165) is 5.39 Å². The Morgan fingerprint density at radius 2 is 1.71 bits per heavy atom. The first kappa shape index (κ1) is 21.1. The van der Waals surface area contributed by atoms with Gasteiger partial charge in [0, 0.05) is 36.6 Å². The topological polar surface area (TPSA) is 96.8 Å². The average Bonchev–Trinajstić information content (AvgIpc) is 3.54. The average molecular weight is 495 g/mol. The molecule has 0 N–H and O–H groups in total. The van der Waals surface area contributed by atoms with Crippen LogP contribution in [0.1, 0.15) is 0 Å². The Morgan fingerprint density at radius 1 is 0.912 bits per heavy atom. The molecule has 0 aliphatic carbocycles. The van der Waals surface area contributed by atoms with Crippen molar-refractivity contribution in [2.45, 2.75) is 4.90 Å². The maximum Gasteiger partial charge on any atom is 0.243 e. The minimum absolute atomic E-state index is 0.295. The van der Waals surface area contributed by atoms with E-state index in [1.54, 1.807) is 54.8 Å². The summed E-state index contributed by atoms with van der Waals surface area (Å²) in [5, 5.41) is 10.2. The third-order valence-corrected chi connectivity index (χ3v) is 8.08. The molecule has 1 aliphatic rings. The first-order valence-corrected chi connectivity index (χ1v) is 12.5. The first-order chi connectivity index (χ1) is 16.5. The van der Waals surface area contributed by atoms with Gasteiger partial charge in [0.05, 0.1) is 16.7 Å². The van der Waals surface area contributed by atoms with Gasteiger partial charge in [-0.05, 0) is 42.5 Å². The Bertz CT molecular complexity index is 1590. The monoisotopic (exact) mass is 494 g/mol. The molecule has 34 heavy (non-hydrogen) atoms. The van der Waals surface area contributed by atoms with Crippen LogP contribution in [0.25, 0.3) is 28.1 Å². The summed E-state index contributed by atoms with van der Waals surface area (Å²) in [4.78, 5) is 7.23. The Labute approximate surface area is 200 Å². The fourth-order valence-corrected chi connectivity index (χ4v) is 5.85. The number of anilines is 1. The summed E-state index contributed by atoms with van der Waals surface area (Å²) in [6.07, 6.45) is 1.58. The molecule has 0 unspecified atom stereocenters. The molecule has 2 aromatic carbocycles. The molecular formula is C23H19ClN6O3S. The summed E-state index contributed by atoms with van der Waals surface area (Å²) in [6, 6.07) is 17.5. The zero-order valence-electron chi connectivity index (χ0n) is 17.9. The van der Waals surface area contributed by atoms with Gasteiger partial charge in [0.2, 0.25) is 21.8 Å². The highest BCUT2D eigenvalue weighted by Gasteiger charge is 2.30. The lowest BCUT2D eigenvalue weighted by molar-refractivity contribution is 0.382. The van der Waals surface area contributed by atoms with Crippen LogP contribution in [-0.2, 0) is 10.0 Å². The van der Waals surface area contributed by atoms with Crippen LogP contribution in [0.15, 0.2) is 76.2 Å². The molecule has 1 saturated heterocycles. The second-order valence-electron chi connectivity index (χ2n) is 7.94. The van der Waals surface area contributed by atoms with Gasteiger partial charge in [0.25, 0.3) is 0 Å². The van der Waals surface area contributed by atoms with Gasteiger partial charge in [-0.2, -0.15) is 4.31 Å². The van der Waals surface area contributed by atoms with E-state index in [2.05, 4.69) is 10.2 Å². The number of fused-ring (bicyclic) bond motifs is 3. The molecule has 5 aromatic rings. The SMILES string of the molecule is O=S(=O)(c1ccccc1)N1CCN(c2nc3cc(Cl)ccc3c3nnc(-c4ccco4)n23)CC1. The van der Waals surface area contributed by atoms with Crippen molar-refractivity contribution in [2.24, 2.45) is 0 Å². The van der Waals surface area contributed by atoms with E-state index < -0.39 is 10.0 Å². The molecule has 0 spiro atoms. The molecular weight excluding hydrogens is 476 g/mol. The summed E-state index contributed by atoms with van der Waals surface area (Å²) >= 11 is 6.24. The van der Waals surface area contributed by atoms with Crippen LogP contribution in [0.4, 0.5) is 5.95 Å². The van der Waals surface area contributed by atoms with Crippen LogP contribution in [0.2, 0.25) is 5.02 Å². The molecule has 172 valence electrons. The molecule has 1 fully saturated rings. The van der Waals surface area contributed by atoms with Gasteiger partial charge < -0.3 is 9.32 Å². The van der Waals surface area contributed by atoms with Crippen molar-refractivity contribution in [2.75, 3.05) is 31.1 Å². The van der Waals surface area contributed by atoms with Crippen molar-refractivity contribution in [3.8, 4) is 11.6 Å². The Balaban J connectivity index is 1.41. The summed E-state index contributed by atoms with van der Waals surface area (Å²) in [6.45, 7) is 1.56.